The molecule has 3 heterocycles. The summed E-state index contributed by atoms with van der Waals surface area (Å²) in [5, 5.41) is 5.67. The van der Waals surface area contributed by atoms with Gasteiger partial charge in [-0.25, -0.2) is 4.39 Å². The van der Waals surface area contributed by atoms with E-state index in [9.17, 15) is 18.8 Å². The maximum atomic E-state index is 14.6. The molecule has 1 aliphatic rings. The van der Waals surface area contributed by atoms with E-state index in [0.29, 0.717) is 45.2 Å². The topological polar surface area (TPSA) is 103 Å². The summed E-state index contributed by atoms with van der Waals surface area (Å²) in [7, 11) is 3.23. The summed E-state index contributed by atoms with van der Waals surface area (Å²) in [4.78, 5) is 36.4. The Kier molecular flexibility index (Phi) is 4.33. The molecule has 2 aromatic heterocycles. The Morgan fingerprint density at radius 1 is 1.12 bits per heavy atom. The van der Waals surface area contributed by atoms with Crippen LogP contribution in [0.1, 0.15) is 11.1 Å². The molecular weight excluding hydrogens is 417 g/mol. The van der Waals surface area contributed by atoms with E-state index in [1.807, 2.05) is 0 Å². The van der Waals surface area contributed by atoms with Crippen LogP contribution in [-0.4, -0.2) is 29.9 Å². The molecule has 5 rings (SSSR count). The number of halogens is 1. The van der Waals surface area contributed by atoms with Gasteiger partial charge < -0.3 is 19.0 Å². The summed E-state index contributed by atoms with van der Waals surface area (Å²) in [5.41, 5.74) is 2.07. The van der Waals surface area contributed by atoms with Gasteiger partial charge in [0, 0.05) is 35.1 Å². The van der Waals surface area contributed by atoms with Crippen LogP contribution < -0.4 is 15.4 Å². The van der Waals surface area contributed by atoms with Crippen LogP contribution in [0.5, 0.6) is 5.75 Å². The minimum Gasteiger partial charge on any atom is -0.493 e. The van der Waals surface area contributed by atoms with Crippen molar-refractivity contribution in [1.82, 2.24) is 9.88 Å². The van der Waals surface area contributed by atoms with E-state index in [1.54, 1.807) is 36.0 Å². The van der Waals surface area contributed by atoms with Crippen molar-refractivity contribution in [1.29, 1.82) is 0 Å². The van der Waals surface area contributed by atoms with Gasteiger partial charge in [0.05, 0.1) is 29.5 Å². The van der Waals surface area contributed by atoms with Gasteiger partial charge in [0.1, 0.15) is 12.1 Å². The third-order valence-electron chi connectivity index (χ3n) is 5.55. The average Bonchev–Trinajstić information content (AvgIpc) is 3.41. The lowest BCUT2D eigenvalue weighted by atomic mass is 9.95. The summed E-state index contributed by atoms with van der Waals surface area (Å²) in [6.45, 7) is 0. The van der Waals surface area contributed by atoms with E-state index in [2.05, 4.69) is 10.6 Å². The third kappa shape index (κ3) is 2.71. The molecule has 2 N–H and O–H groups in total. The number of anilines is 1. The molecule has 0 radical (unpaired) electrons. The fourth-order valence-electron chi connectivity index (χ4n) is 4.13. The molecule has 0 fully saturated rings. The summed E-state index contributed by atoms with van der Waals surface area (Å²) in [6, 6.07) is 7.94. The quantitative estimate of drug-likeness (QED) is 0.372. The lowest BCUT2D eigenvalue weighted by molar-refractivity contribution is -0.122. The fourth-order valence-corrected chi connectivity index (χ4v) is 4.13. The number of nitrogens with zero attached hydrogens (tertiary/aromatic N) is 1. The molecule has 0 spiro atoms. The maximum absolute atomic E-state index is 14.6. The standard InChI is InChI=1S/C23H16FN3O5/c1-27-8-13(12-6-15(24)16(25-10-28)7-17(12)27)19-20(23(30)26-22(19)29)14-9-32-21-11(14)4-3-5-18(21)31-2/h3-10H,1-2H3,(H,25,28)(H,26,29,30). The number of ether oxygens (including phenoxy) is 1. The number of carbonyl (C=O) groups excluding carboxylic acids is 3. The van der Waals surface area contributed by atoms with Crippen molar-refractivity contribution in [3.63, 3.8) is 0 Å². The molecule has 0 bridgehead atoms. The normalized spacial score (nSPS) is 13.8. The van der Waals surface area contributed by atoms with Gasteiger partial charge in [0.15, 0.2) is 11.3 Å². The molecule has 0 unspecified atom stereocenters. The van der Waals surface area contributed by atoms with Gasteiger partial charge in [-0.1, -0.05) is 12.1 Å². The van der Waals surface area contributed by atoms with Crippen molar-refractivity contribution in [2.24, 2.45) is 7.05 Å². The maximum Gasteiger partial charge on any atom is 0.259 e. The number of hydrogen-bond donors (Lipinski definition) is 2. The first-order valence-electron chi connectivity index (χ1n) is 9.58. The number of carbonyl (C=O) groups is 3. The zero-order valence-electron chi connectivity index (χ0n) is 17.0. The van der Waals surface area contributed by atoms with Crippen LogP contribution in [0.2, 0.25) is 0 Å². The van der Waals surface area contributed by atoms with E-state index in [1.165, 1.54) is 25.5 Å². The van der Waals surface area contributed by atoms with Crippen LogP contribution in [-0.2, 0) is 21.4 Å². The number of hydrogen-bond acceptors (Lipinski definition) is 5. The number of amides is 3. The number of furan rings is 1. The highest BCUT2D eigenvalue weighted by Crippen LogP contribution is 2.41. The minimum atomic E-state index is -0.664. The Bertz CT molecular complexity index is 1490. The second kappa shape index (κ2) is 7.09. The number of para-hydroxylation sites is 1. The van der Waals surface area contributed by atoms with Gasteiger partial charge in [-0.2, -0.15) is 0 Å². The van der Waals surface area contributed by atoms with Gasteiger partial charge in [-0.05, 0) is 18.2 Å². The predicted octanol–water partition coefficient (Wildman–Crippen LogP) is 3.21. The van der Waals surface area contributed by atoms with E-state index >= 15 is 0 Å². The first-order valence-corrected chi connectivity index (χ1v) is 9.58. The lowest BCUT2D eigenvalue weighted by Gasteiger charge is -2.05. The first kappa shape index (κ1) is 19.6. The fraction of sp³-hybridized carbons (Fsp3) is 0.0870. The SMILES string of the molecule is COc1cccc2c(C3=C(c4cn(C)c5cc(NC=O)c(F)cc45)C(=O)NC3=O)coc12. The zero-order chi connectivity index (χ0) is 22.6. The van der Waals surface area contributed by atoms with Crippen LogP contribution in [0.4, 0.5) is 10.1 Å². The van der Waals surface area contributed by atoms with Gasteiger partial charge in [0.25, 0.3) is 11.8 Å². The highest BCUT2D eigenvalue weighted by molar-refractivity contribution is 6.50. The summed E-state index contributed by atoms with van der Waals surface area (Å²) < 4.78 is 27.2. The van der Waals surface area contributed by atoms with E-state index < -0.39 is 17.6 Å². The van der Waals surface area contributed by atoms with Crippen LogP contribution in [0.3, 0.4) is 0 Å². The summed E-state index contributed by atoms with van der Waals surface area (Å²) in [6.07, 6.45) is 3.43. The molecule has 0 aliphatic carbocycles. The predicted molar refractivity (Wildman–Crippen MR) is 115 cm³/mol. The van der Waals surface area contributed by atoms with Crippen molar-refractivity contribution in [3.05, 3.63) is 59.7 Å². The zero-order valence-corrected chi connectivity index (χ0v) is 17.0. The Morgan fingerprint density at radius 3 is 2.59 bits per heavy atom. The number of aromatic nitrogens is 1. The number of fused-ring (bicyclic) bond motifs is 2. The largest absolute Gasteiger partial charge is 0.493 e. The second-order valence-corrected chi connectivity index (χ2v) is 7.28. The van der Waals surface area contributed by atoms with Gasteiger partial charge in [0.2, 0.25) is 6.41 Å². The number of imide groups is 1. The number of benzene rings is 2. The highest BCUT2D eigenvalue weighted by Gasteiger charge is 2.35. The molecular formula is C23H16FN3O5. The van der Waals surface area contributed by atoms with E-state index in [-0.39, 0.29) is 16.8 Å². The number of methoxy groups -OCH3 is 1. The van der Waals surface area contributed by atoms with Gasteiger partial charge in [-0.3, -0.25) is 19.7 Å². The Hall–Kier alpha value is -4.40. The van der Waals surface area contributed by atoms with Crippen molar-refractivity contribution >= 4 is 56.9 Å². The minimum absolute atomic E-state index is 0.00864. The molecule has 160 valence electrons. The molecule has 3 amide bonds. The van der Waals surface area contributed by atoms with Crippen LogP contribution in [0.25, 0.3) is 33.0 Å². The molecule has 32 heavy (non-hydrogen) atoms. The Balaban J connectivity index is 1.81. The number of aryl methyl sites for hydroxylation is 1. The van der Waals surface area contributed by atoms with Crippen molar-refractivity contribution in [2.45, 2.75) is 0 Å². The smallest absolute Gasteiger partial charge is 0.259 e. The number of rotatable bonds is 5. The van der Waals surface area contributed by atoms with E-state index in [0.717, 1.165) is 0 Å². The average molecular weight is 433 g/mol. The first-order chi connectivity index (χ1) is 15.4. The highest BCUT2D eigenvalue weighted by atomic mass is 19.1. The molecule has 0 saturated carbocycles. The third-order valence-corrected chi connectivity index (χ3v) is 5.55. The monoisotopic (exact) mass is 433 g/mol. The Labute approximate surface area is 180 Å². The van der Waals surface area contributed by atoms with E-state index in [4.69, 9.17) is 9.15 Å². The molecule has 9 heteroatoms. The summed E-state index contributed by atoms with van der Waals surface area (Å²) in [5.74, 6) is -1.34. The Morgan fingerprint density at radius 2 is 1.88 bits per heavy atom. The van der Waals surface area contributed by atoms with Crippen LogP contribution in [0.15, 0.2) is 47.2 Å². The molecule has 0 saturated heterocycles. The molecule has 8 nitrogen and oxygen atoms in total. The number of nitrogens with one attached hydrogen (secondary N) is 2. The van der Waals surface area contributed by atoms with Crippen molar-refractivity contribution < 1.29 is 27.9 Å². The molecule has 2 aromatic carbocycles. The molecule has 4 aromatic rings. The molecule has 0 atom stereocenters. The summed E-state index contributed by atoms with van der Waals surface area (Å²) >= 11 is 0. The van der Waals surface area contributed by atoms with Gasteiger partial charge >= 0.3 is 0 Å². The van der Waals surface area contributed by atoms with Crippen LogP contribution >= 0.6 is 0 Å². The van der Waals surface area contributed by atoms with Crippen molar-refractivity contribution in [2.75, 3.05) is 12.4 Å². The van der Waals surface area contributed by atoms with Gasteiger partial charge in [-0.15, -0.1) is 0 Å². The van der Waals surface area contributed by atoms with Crippen molar-refractivity contribution in [3.8, 4) is 5.75 Å². The molecule has 1 aliphatic heterocycles. The lowest BCUT2D eigenvalue weighted by Crippen LogP contribution is -2.22. The van der Waals surface area contributed by atoms with Crippen LogP contribution in [0, 0.1) is 5.82 Å². The second-order valence-electron chi connectivity index (χ2n) is 7.28.